The summed E-state index contributed by atoms with van der Waals surface area (Å²) in [6.45, 7) is 3.56. The summed E-state index contributed by atoms with van der Waals surface area (Å²) >= 11 is 5.91. The molecule has 0 aliphatic rings. The van der Waals surface area contributed by atoms with Crippen LogP contribution in [0.3, 0.4) is 0 Å². The third-order valence-electron chi connectivity index (χ3n) is 2.78. The number of hydrogen-bond donors (Lipinski definition) is 1. The number of aliphatic hydroxyl groups excluding tert-OH is 1. The molecule has 0 aliphatic carbocycles. The zero-order valence-corrected chi connectivity index (χ0v) is 11.7. The minimum Gasteiger partial charge on any atom is -0.388 e. The van der Waals surface area contributed by atoms with Gasteiger partial charge in [0.1, 0.15) is 6.61 Å². The third kappa shape index (κ3) is 2.63. The van der Waals surface area contributed by atoms with Gasteiger partial charge in [0, 0.05) is 28.8 Å². The number of rotatable bonds is 4. The first-order valence-electron chi connectivity index (χ1n) is 5.94. The highest BCUT2D eigenvalue weighted by Crippen LogP contribution is 2.29. The summed E-state index contributed by atoms with van der Waals surface area (Å²) in [6.07, 6.45) is 0. The molecule has 0 amide bonds. The zero-order valence-electron chi connectivity index (χ0n) is 10.9. The molecule has 2 aromatic rings. The topological polar surface area (TPSA) is 94.1 Å². The van der Waals surface area contributed by atoms with Gasteiger partial charge in [-0.1, -0.05) is 11.6 Å². The summed E-state index contributed by atoms with van der Waals surface area (Å²) in [5, 5.41) is 28.3. The van der Waals surface area contributed by atoms with Crippen molar-refractivity contribution in [3.8, 4) is 11.4 Å². The Hall–Kier alpha value is -1.99. The van der Waals surface area contributed by atoms with E-state index in [1.807, 2.05) is 13.8 Å². The lowest BCUT2D eigenvalue weighted by Crippen LogP contribution is -2.08. The Morgan fingerprint density at radius 1 is 1.40 bits per heavy atom. The first-order valence-corrected chi connectivity index (χ1v) is 6.31. The van der Waals surface area contributed by atoms with E-state index >= 15 is 0 Å². The maximum atomic E-state index is 10.9. The molecule has 0 bridgehead atoms. The molecule has 1 aromatic heterocycles. The highest BCUT2D eigenvalue weighted by Gasteiger charge is 2.18. The second kappa shape index (κ2) is 5.56. The third-order valence-corrected chi connectivity index (χ3v) is 2.99. The average molecular weight is 297 g/mol. The summed E-state index contributed by atoms with van der Waals surface area (Å²) in [6, 6.07) is 4.24. The summed E-state index contributed by atoms with van der Waals surface area (Å²) in [4.78, 5) is 10.4. The van der Waals surface area contributed by atoms with E-state index in [9.17, 15) is 15.2 Å². The number of halogens is 1. The highest BCUT2D eigenvalue weighted by molar-refractivity contribution is 6.31. The molecule has 0 fully saturated rings. The van der Waals surface area contributed by atoms with E-state index in [-0.39, 0.29) is 23.4 Å². The second-order valence-electron chi connectivity index (χ2n) is 4.52. The van der Waals surface area contributed by atoms with Crippen molar-refractivity contribution in [2.45, 2.75) is 26.5 Å². The lowest BCUT2D eigenvalue weighted by molar-refractivity contribution is -0.384. The van der Waals surface area contributed by atoms with Crippen molar-refractivity contribution in [3.63, 3.8) is 0 Å². The van der Waals surface area contributed by atoms with Crippen LogP contribution in [-0.2, 0) is 6.61 Å². The van der Waals surface area contributed by atoms with Crippen LogP contribution in [0.25, 0.3) is 11.4 Å². The molecule has 0 saturated heterocycles. The highest BCUT2D eigenvalue weighted by atomic mass is 35.5. The molecule has 0 atom stereocenters. The normalized spacial score (nSPS) is 11.1. The van der Waals surface area contributed by atoms with E-state index in [0.717, 1.165) is 0 Å². The first kappa shape index (κ1) is 14.4. The molecule has 8 heteroatoms. The summed E-state index contributed by atoms with van der Waals surface area (Å²) in [5.41, 5.74) is 0.376. The fourth-order valence-electron chi connectivity index (χ4n) is 1.98. The number of nitro groups is 1. The van der Waals surface area contributed by atoms with Gasteiger partial charge in [-0.15, -0.1) is 10.2 Å². The number of aromatic nitrogens is 3. The minimum absolute atomic E-state index is 0.000174. The first-order chi connectivity index (χ1) is 9.43. The van der Waals surface area contributed by atoms with Gasteiger partial charge in [0.05, 0.1) is 4.92 Å². The second-order valence-corrected chi connectivity index (χ2v) is 4.95. The smallest absolute Gasteiger partial charge is 0.271 e. The van der Waals surface area contributed by atoms with Gasteiger partial charge in [-0.25, -0.2) is 0 Å². The van der Waals surface area contributed by atoms with Crippen molar-refractivity contribution in [1.82, 2.24) is 14.8 Å². The molecule has 0 aliphatic heterocycles. The van der Waals surface area contributed by atoms with E-state index < -0.39 is 4.92 Å². The Kier molecular flexibility index (Phi) is 4.01. The van der Waals surface area contributed by atoms with Crippen molar-refractivity contribution >= 4 is 17.3 Å². The van der Waals surface area contributed by atoms with Gasteiger partial charge in [0.15, 0.2) is 11.6 Å². The summed E-state index contributed by atoms with van der Waals surface area (Å²) in [7, 11) is 0. The molecule has 106 valence electrons. The molecule has 7 nitrogen and oxygen atoms in total. The molecule has 2 rings (SSSR count). The monoisotopic (exact) mass is 296 g/mol. The van der Waals surface area contributed by atoms with Crippen LogP contribution < -0.4 is 0 Å². The SMILES string of the molecule is CC(C)n1c(CO)nnc1-c1cc(Cl)cc([N+](=O)[O-])c1. The molecular formula is C12H13ClN4O3. The standard InChI is InChI=1S/C12H13ClN4O3/c1-7(2)16-11(6-18)14-15-12(16)8-3-9(13)5-10(4-8)17(19)20/h3-5,7,18H,6H2,1-2H3. The van der Waals surface area contributed by atoms with Crippen LogP contribution in [-0.4, -0.2) is 24.8 Å². The molecule has 0 spiro atoms. The van der Waals surface area contributed by atoms with E-state index in [2.05, 4.69) is 10.2 Å². The molecule has 1 heterocycles. The fourth-order valence-corrected chi connectivity index (χ4v) is 2.21. The van der Waals surface area contributed by atoms with Crippen LogP contribution >= 0.6 is 11.6 Å². The molecule has 0 saturated carbocycles. The van der Waals surface area contributed by atoms with Crippen LogP contribution in [0.1, 0.15) is 25.7 Å². The van der Waals surface area contributed by atoms with Gasteiger partial charge < -0.3 is 9.67 Å². The van der Waals surface area contributed by atoms with Gasteiger partial charge in [0.2, 0.25) is 0 Å². The van der Waals surface area contributed by atoms with E-state index in [1.165, 1.54) is 12.1 Å². The molecule has 1 aromatic carbocycles. The Morgan fingerprint density at radius 2 is 2.10 bits per heavy atom. The van der Waals surface area contributed by atoms with Crippen molar-refractivity contribution in [3.05, 3.63) is 39.2 Å². The molecule has 1 N–H and O–H groups in total. The Balaban J connectivity index is 2.62. The Bertz CT molecular complexity index is 654. The lowest BCUT2D eigenvalue weighted by Gasteiger charge is -2.13. The fraction of sp³-hybridized carbons (Fsp3) is 0.333. The van der Waals surface area contributed by atoms with Crippen molar-refractivity contribution < 1.29 is 10.0 Å². The van der Waals surface area contributed by atoms with E-state index in [4.69, 9.17) is 11.6 Å². The Labute approximate surface area is 120 Å². The predicted octanol–water partition coefficient (Wildman–Crippen LogP) is 2.58. The van der Waals surface area contributed by atoms with Gasteiger partial charge in [-0.05, 0) is 19.9 Å². The maximum absolute atomic E-state index is 10.9. The maximum Gasteiger partial charge on any atom is 0.271 e. The number of nitrogens with zero attached hydrogens (tertiary/aromatic N) is 4. The largest absolute Gasteiger partial charge is 0.388 e. The van der Waals surface area contributed by atoms with Gasteiger partial charge in [-0.3, -0.25) is 10.1 Å². The van der Waals surface area contributed by atoms with Gasteiger partial charge in [0.25, 0.3) is 5.69 Å². The molecule has 20 heavy (non-hydrogen) atoms. The quantitative estimate of drug-likeness (QED) is 0.691. The molecular weight excluding hydrogens is 284 g/mol. The molecule has 0 radical (unpaired) electrons. The van der Waals surface area contributed by atoms with Crippen molar-refractivity contribution in [2.24, 2.45) is 0 Å². The Morgan fingerprint density at radius 3 is 2.65 bits per heavy atom. The molecule has 0 unspecified atom stereocenters. The van der Waals surface area contributed by atoms with Crippen LogP contribution in [0.4, 0.5) is 5.69 Å². The number of nitro benzene ring substituents is 1. The van der Waals surface area contributed by atoms with Crippen LogP contribution in [0.5, 0.6) is 0 Å². The van der Waals surface area contributed by atoms with Crippen LogP contribution in [0.2, 0.25) is 5.02 Å². The average Bonchev–Trinajstić information content (AvgIpc) is 2.81. The number of non-ortho nitro benzene ring substituents is 1. The number of aliphatic hydroxyl groups is 1. The van der Waals surface area contributed by atoms with Crippen LogP contribution in [0, 0.1) is 10.1 Å². The van der Waals surface area contributed by atoms with Crippen molar-refractivity contribution in [1.29, 1.82) is 0 Å². The van der Waals surface area contributed by atoms with Gasteiger partial charge >= 0.3 is 0 Å². The summed E-state index contributed by atoms with van der Waals surface area (Å²) < 4.78 is 1.72. The lowest BCUT2D eigenvalue weighted by atomic mass is 10.2. The minimum atomic E-state index is -0.515. The van der Waals surface area contributed by atoms with Crippen LogP contribution in [0.15, 0.2) is 18.2 Å². The number of benzene rings is 1. The van der Waals surface area contributed by atoms with E-state index in [1.54, 1.807) is 10.6 Å². The number of hydrogen-bond acceptors (Lipinski definition) is 5. The van der Waals surface area contributed by atoms with Gasteiger partial charge in [-0.2, -0.15) is 0 Å². The van der Waals surface area contributed by atoms with Crippen molar-refractivity contribution in [2.75, 3.05) is 0 Å². The predicted molar refractivity (Wildman–Crippen MR) is 73.4 cm³/mol. The van der Waals surface area contributed by atoms with E-state index in [0.29, 0.717) is 17.2 Å². The summed E-state index contributed by atoms with van der Waals surface area (Å²) in [5.74, 6) is 0.840. The zero-order chi connectivity index (χ0) is 14.9.